The Morgan fingerprint density at radius 3 is 2.56 bits per heavy atom. The minimum atomic E-state index is -0.136. The van der Waals surface area contributed by atoms with Crippen LogP contribution in [-0.2, 0) is 0 Å². The van der Waals surface area contributed by atoms with Gasteiger partial charge in [-0.25, -0.2) is 0 Å². The van der Waals surface area contributed by atoms with Gasteiger partial charge in [0.2, 0.25) is 0 Å². The lowest BCUT2D eigenvalue weighted by Crippen LogP contribution is -2.45. The zero-order valence-corrected chi connectivity index (χ0v) is 15.9. The lowest BCUT2D eigenvalue weighted by Gasteiger charge is -2.29. The van der Waals surface area contributed by atoms with Crippen molar-refractivity contribution in [3.63, 3.8) is 0 Å². The van der Waals surface area contributed by atoms with Crippen molar-refractivity contribution in [1.82, 2.24) is 15.5 Å². The zero-order valence-electron chi connectivity index (χ0n) is 15.9. The van der Waals surface area contributed by atoms with Gasteiger partial charge in [-0.2, -0.15) is 0 Å². The topological polar surface area (TPSA) is 73.0 Å². The van der Waals surface area contributed by atoms with Crippen LogP contribution in [0.25, 0.3) is 0 Å². The van der Waals surface area contributed by atoms with Gasteiger partial charge in [0.05, 0.1) is 25.0 Å². The Kier molecular flexibility index (Phi) is 8.28. The van der Waals surface area contributed by atoms with Crippen LogP contribution in [0.1, 0.15) is 58.3 Å². The molecule has 0 bridgehead atoms. The van der Waals surface area contributed by atoms with Gasteiger partial charge in [-0.15, -0.1) is 0 Å². The molecule has 6 nitrogen and oxygen atoms in total. The van der Waals surface area contributed by atoms with Crippen LogP contribution in [0.15, 0.2) is 27.8 Å². The SMILES string of the molecule is CCNC(=NCC(c1ccco1)N(CC)CC)NC1CCC(O)CC1. The first-order valence-electron chi connectivity index (χ1n) is 9.68. The van der Waals surface area contributed by atoms with E-state index in [0.29, 0.717) is 12.6 Å². The normalized spacial score (nSPS) is 22.8. The number of aliphatic hydroxyl groups is 1. The smallest absolute Gasteiger partial charge is 0.191 e. The summed E-state index contributed by atoms with van der Waals surface area (Å²) < 4.78 is 5.65. The molecule has 1 fully saturated rings. The Morgan fingerprint density at radius 1 is 1.28 bits per heavy atom. The van der Waals surface area contributed by atoms with Crippen molar-refractivity contribution < 1.29 is 9.52 Å². The molecule has 1 atom stereocenters. The number of aliphatic hydroxyl groups excluding tert-OH is 1. The molecule has 0 radical (unpaired) electrons. The first-order valence-corrected chi connectivity index (χ1v) is 9.68. The van der Waals surface area contributed by atoms with Gasteiger partial charge in [0.15, 0.2) is 5.96 Å². The molecule has 6 heteroatoms. The van der Waals surface area contributed by atoms with Gasteiger partial charge < -0.3 is 20.2 Å². The van der Waals surface area contributed by atoms with Gasteiger partial charge in [-0.3, -0.25) is 9.89 Å². The maximum Gasteiger partial charge on any atom is 0.191 e. The van der Waals surface area contributed by atoms with Gasteiger partial charge in [-0.1, -0.05) is 13.8 Å². The Hall–Kier alpha value is -1.53. The maximum absolute atomic E-state index is 9.67. The summed E-state index contributed by atoms with van der Waals surface area (Å²) in [5, 5.41) is 16.5. The van der Waals surface area contributed by atoms with E-state index in [0.717, 1.165) is 57.0 Å². The molecule has 0 saturated heterocycles. The molecule has 0 aliphatic heterocycles. The summed E-state index contributed by atoms with van der Waals surface area (Å²) in [6.45, 7) is 9.82. The van der Waals surface area contributed by atoms with Crippen LogP contribution in [0.3, 0.4) is 0 Å². The monoisotopic (exact) mass is 350 g/mol. The van der Waals surface area contributed by atoms with Crippen LogP contribution in [0.2, 0.25) is 0 Å². The highest BCUT2D eigenvalue weighted by atomic mass is 16.3. The van der Waals surface area contributed by atoms with Crippen LogP contribution in [0.5, 0.6) is 0 Å². The fraction of sp³-hybridized carbons (Fsp3) is 0.737. The fourth-order valence-electron chi connectivity index (χ4n) is 3.44. The van der Waals surface area contributed by atoms with E-state index in [1.165, 1.54) is 0 Å². The van der Waals surface area contributed by atoms with Crippen LogP contribution in [-0.4, -0.2) is 54.3 Å². The number of nitrogens with one attached hydrogen (secondary N) is 2. The summed E-state index contributed by atoms with van der Waals surface area (Å²) in [5.41, 5.74) is 0. The van der Waals surface area contributed by atoms with E-state index < -0.39 is 0 Å². The molecule has 25 heavy (non-hydrogen) atoms. The predicted octanol–water partition coefficient (Wildman–Crippen LogP) is 2.52. The number of likely N-dealkylation sites (N-methyl/N-ethyl adjacent to an activating group) is 1. The molecule has 0 amide bonds. The van der Waals surface area contributed by atoms with E-state index in [4.69, 9.17) is 9.41 Å². The highest BCUT2D eigenvalue weighted by molar-refractivity contribution is 5.80. The molecule has 1 saturated carbocycles. The minimum absolute atomic E-state index is 0.136. The van der Waals surface area contributed by atoms with Gasteiger partial charge in [-0.05, 0) is 57.8 Å². The number of nitrogens with zero attached hydrogens (tertiary/aromatic N) is 2. The molecule has 1 heterocycles. The Balaban J connectivity index is 2.03. The number of guanidine groups is 1. The quantitative estimate of drug-likeness (QED) is 0.496. The summed E-state index contributed by atoms with van der Waals surface area (Å²) >= 11 is 0. The van der Waals surface area contributed by atoms with Crippen molar-refractivity contribution in [2.24, 2.45) is 4.99 Å². The third-order valence-corrected chi connectivity index (χ3v) is 4.93. The number of hydrogen-bond acceptors (Lipinski definition) is 4. The molecular weight excluding hydrogens is 316 g/mol. The van der Waals surface area contributed by atoms with Crippen molar-refractivity contribution >= 4 is 5.96 Å². The molecule has 1 aromatic rings. The van der Waals surface area contributed by atoms with Crippen molar-refractivity contribution in [2.45, 2.75) is 64.6 Å². The second-order valence-corrected chi connectivity index (χ2v) is 6.62. The number of furan rings is 1. The molecule has 1 aliphatic carbocycles. The standard InChI is InChI=1S/C19H34N4O2/c1-4-20-19(22-15-9-11-16(24)12-10-15)21-14-17(23(5-2)6-3)18-8-7-13-25-18/h7-8,13,15-17,24H,4-6,9-12,14H2,1-3H3,(H2,20,21,22). The largest absolute Gasteiger partial charge is 0.468 e. The lowest BCUT2D eigenvalue weighted by atomic mass is 9.93. The van der Waals surface area contributed by atoms with Crippen LogP contribution in [0.4, 0.5) is 0 Å². The minimum Gasteiger partial charge on any atom is -0.468 e. The zero-order chi connectivity index (χ0) is 18.1. The summed E-state index contributed by atoms with van der Waals surface area (Å²) in [7, 11) is 0. The highest BCUT2D eigenvalue weighted by Crippen LogP contribution is 2.22. The number of hydrogen-bond donors (Lipinski definition) is 3. The average molecular weight is 351 g/mol. The van der Waals surface area contributed by atoms with Gasteiger partial charge >= 0.3 is 0 Å². The molecular formula is C19H34N4O2. The first kappa shape index (κ1) is 19.8. The average Bonchev–Trinajstić information content (AvgIpc) is 3.15. The fourth-order valence-corrected chi connectivity index (χ4v) is 3.44. The molecule has 2 rings (SSSR count). The Bertz CT molecular complexity index is 492. The van der Waals surface area contributed by atoms with E-state index in [-0.39, 0.29) is 12.1 Å². The van der Waals surface area contributed by atoms with Crippen molar-refractivity contribution in [2.75, 3.05) is 26.2 Å². The number of aliphatic imine (C=N–C) groups is 1. The molecule has 142 valence electrons. The van der Waals surface area contributed by atoms with Crippen molar-refractivity contribution in [3.8, 4) is 0 Å². The predicted molar refractivity (Wildman–Crippen MR) is 102 cm³/mol. The van der Waals surface area contributed by atoms with Crippen LogP contribution in [0, 0.1) is 0 Å². The summed E-state index contributed by atoms with van der Waals surface area (Å²) in [4.78, 5) is 7.19. The highest BCUT2D eigenvalue weighted by Gasteiger charge is 2.22. The van der Waals surface area contributed by atoms with Gasteiger partial charge in [0, 0.05) is 12.6 Å². The van der Waals surface area contributed by atoms with Crippen molar-refractivity contribution in [3.05, 3.63) is 24.2 Å². The molecule has 3 N–H and O–H groups in total. The lowest BCUT2D eigenvalue weighted by molar-refractivity contribution is 0.120. The second-order valence-electron chi connectivity index (χ2n) is 6.62. The molecule has 0 aromatic carbocycles. The Labute approximate surface area is 151 Å². The van der Waals surface area contributed by atoms with E-state index in [1.54, 1.807) is 6.26 Å². The van der Waals surface area contributed by atoms with Crippen molar-refractivity contribution in [1.29, 1.82) is 0 Å². The van der Waals surface area contributed by atoms with E-state index >= 15 is 0 Å². The van der Waals surface area contributed by atoms with Gasteiger partial charge in [0.1, 0.15) is 5.76 Å². The van der Waals surface area contributed by atoms with E-state index in [1.807, 2.05) is 12.1 Å². The van der Waals surface area contributed by atoms with Crippen LogP contribution < -0.4 is 10.6 Å². The second kappa shape index (κ2) is 10.5. The number of rotatable bonds is 8. The summed E-state index contributed by atoms with van der Waals surface area (Å²) in [5.74, 6) is 1.82. The first-order chi connectivity index (χ1) is 12.2. The molecule has 1 aliphatic rings. The maximum atomic E-state index is 9.67. The Morgan fingerprint density at radius 2 is 2.00 bits per heavy atom. The third kappa shape index (κ3) is 6.04. The van der Waals surface area contributed by atoms with Crippen LogP contribution >= 0.6 is 0 Å². The molecule has 0 spiro atoms. The summed E-state index contributed by atoms with van der Waals surface area (Å²) in [6, 6.07) is 4.50. The third-order valence-electron chi connectivity index (χ3n) is 4.93. The van der Waals surface area contributed by atoms with Gasteiger partial charge in [0.25, 0.3) is 0 Å². The van der Waals surface area contributed by atoms with E-state index in [2.05, 4.69) is 36.3 Å². The molecule has 1 unspecified atom stereocenters. The molecule has 1 aromatic heterocycles. The van der Waals surface area contributed by atoms with E-state index in [9.17, 15) is 5.11 Å². The summed E-state index contributed by atoms with van der Waals surface area (Å²) in [6.07, 6.45) is 5.30.